The monoisotopic (exact) mass is 454 g/mol. The largest absolute Gasteiger partial charge is 0.357 e. The number of thioether (sulfide) groups is 1. The molecule has 2 heterocycles. The minimum Gasteiger partial charge on any atom is -0.357 e. The Kier molecular flexibility index (Phi) is 10.9. The molecule has 2 N–H and O–H groups in total. The number of nitrogens with zero attached hydrogens (tertiary/aromatic N) is 2. The molecule has 0 aliphatic carbocycles. The Morgan fingerprint density at radius 3 is 2.52 bits per heavy atom. The third-order valence-corrected chi connectivity index (χ3v) is 5.75. The molecule has 2 atom stereocenters. The van der Waals surface area contributed by atoms with E-state index in [0.717, 1.165) is 31.1 Å². The van der Waals surface area contributed by atoms with Crippen LogP contribution in [0.3, 0.4) is 0 Å². The van der Waals surface area contributed by atoms with Gasteiger partial charge in [-0.15, -0.1) is 24.0 Å². The van der Waals surface area contributed by atoms with Gasteiger partial charge in [-0.2, -0.15) is 11.8 Å². The highest BCUT2D eigenvalue weighted by Crippen LogP contribution is 2.32. The molecule has 2 aliphatic rings. The Hall–Kier alpha value is 0.310. The highest BCUT2D eigenvalue weighted by atomic mass is 127. The van der Waals surface area contributed by atoms with E-state index in [9.17, 15) is 0 Å². The van der Waals surface area contributed by atoms with Gasteiger partial charge in [-0.25, -0.2) is 0 Å². The number of nitrogens with one attached hydrogen (secondary N) is 2. The van der Waals surface area contributed by atoms with Crippen molar-refractivity contribution in [3.63, 3.8) is 0 Å². The lowest BCUT2D eigenvalue weighted by molar-refractivity contribution is 0.0526. The van der Waals surface area contributed by atoms with Gasteiger partial charge in [-0.05, 0) is 64.5 Å². The first-order valence-corrected chi connectivity index (χ1v) is 10.4. The van der Waals surface area contributed by atoms with E-state index in [0.29, 0.717) is 6.04 Å². The Balaban J connectivity index is 0.00000264. The summed E-state index contributed by atoms with van der Waals surface area (Å²) >= 11 is 1.92. The normalized spacial score (nSPS) is 28.1. The first-order valence-electron chi connectivity index (χ1n) is 9.00. The molecular weight excluding hydrogens is 419 g/mol. The predicted molar refractivity (Wildman–Crippen MR) is 114 cm³/mol. The lowest BCUT2D eigenvalue weighted by Crippen LogP contribution is -2.56. The van der Waals surface area contributed by atoms with Crippen LogP contribution in [0.4, 0.5) is 0 Å². The van der Waals surface area contributed by atoms with Gasteiger partial charge in [0.1, 0.15) is 0 Å². The Morgan fingerprint density at radius 1 is 1.22 bits per heavy atom. The first kappa shape index (κ1) is 21.4. The Bertz CT molecular complexity index is 339. The molecule has 2 saturated heterocycles. The highest BCUT2D eigenvalue weighted by molar-refractivity contribution is 14.0. The lowest BCUT2D eigenvalue weighted by Gasteiger charge is -2.47. The molecule has 0 aromatic heterocycles. The summed E-state index contributed by atoms with van der Waals surface area (Å²) in [4.78, 5) is 7.38. The number of fused-ring (bicyclic) bond motifs is 2. The summed E-state index contributed by atoms with van der Waals surface area (Å²) in [6.07, 6.45) is 11.3. The number of rotatable bonds is 7. The van der Waals surface area contributed by atoms with Gasteiger partial charge in [0, 0.05) is 31.2 Å². The van der Waals surface area contributed by atoms with E-state index in [-0.39, 0.29) is 24.0 Å². The summed E-state index contributed by atoms with van der Waals surface area (Å²) in [5.74, 6) is 2.27. The van der Waals surface area contributed by atoms with Crippen LogP contribution in [0.2, 0.25) is 0 Å². The summed E-state index contributed by atoms with van der Waals surface area (Å²) in [6.45, 7) is 4.03. The quantitative estimate of drug-likeness (QED) is 0.268. The van der Waals surface area contributed by atoms with E-state index in [1.54, 1.807) is 0 Å². The van der Waals surface area contributed by atoms with Crippen LogP contribution in [-0.2, 0) is 0 Å². The van der Waals surface area contributed by atoms with Gasteiger partial charge in [0.05, 0.1) is 0 Å². The highest BCUT2D eigenvalue weighted by Gasteiger charge is 2.36. The standard InChI is InChI=1S/C17H34N4S.HI/c1-4-18-17(19-10-5-6-11-22-3)20-14-12-15-8-7-9-16(13-14)21(15)2;/h14-16H,4-13H2,1-3H3,(H2,18,19,20);1H. The van der Waals surface area contributed by atoms with E-state index < -0.39 is 0 Å². The fraction of sp³-hybridized carbons (Fsp3) is 0.941. The molecule has 0 saturated carbocycles. The van der Waals surface area contributed by atoms with Crippen molar-refractivity contribution in [2.45, 2.75) is 70.0 Å². The maximum atomic E-state index is 4.76. The lowest BCUT2D eigenvalue weighted by atomic mass is 9.82. The molecule has 0 aromatic rings. The van der Waals surface area contributed by atoms with Crippen LogP contribution in [-0.4, -0.2) is 61.1 Å². The van der Waals surface area contributed by atoms with Crippen LogP contribution >= 0.6 is 35.7 Å². The summed E-state index contributed by atoms with van der Waals surface area (Å²) in [7, 11) is 2.32. The molecule has 0 amide bonds. The maximum Gasteiger partial charge on any atom is 0.191 e. The number of unbranched alkanes of at least 4 members (excludes halogenated alkanes) is 1. The Labute approximate surface area is 164 Å². The molecule has 0 radical (unpaired) electrons. The van der Waals surface area contributed by atoms with Crippen LogP contribution < -0.4 is 10.6 Å². The molecule has 4 nitrogen and oxygen atoms in total. The predicted octanol–water partition coefficient (Wildman–Crippen LogP) is 3.32. The summed E-state index contributed by atoms with van der Waals surface area (Å²) in [5, 5.41) is 7.12. The zero-order valence-electron chi connectivity index (χ0n) is 15.0. The van der Waals surface area contributed by atoms with E-state index in [4.69, 9.17) is 4.99 Å². The molecule has 6 heteroatoms. The topological polar surface area (TPSA) is 39.7 Å². The van der Waals surface area contributed by atoms with E-state index in [1.807, 2.05) is 11.8 Å². The first-order chi connectivity index (χ1) is 10.7. The summed E-state index contributed by atoms with van der Waals surface area (Å²) in [5.41, 5.74) is 0. The van der Waals surface area contributed by atoms with Crippen LogP contribution in [0, 0.1) is 0 Å². The molecule has 136 valence electrons. The number of piperidine rings is 2. The van der Waals surface area contributed by atoms with E-state index >= 15 is 0 Å². The van der Waals surface area contributed by atoms with Gasteiger partial charge < -0.3 is 15.5 Å². The molecular formula is C17H35IN4S. The van der Waals surface area contributed by atoms with Crippen LogP contribution in [0.5, 0.6) is 0 Å². The number of aliphatic imine (C=N–C) groups is 1. The van der Waals surface area contributed by atoms with Gasteiger partial charge in [0.25, 0.3) is 0 Å². The van der Waals surface area contributed by atoms with E-state index in [1.165, 1.54) is 50.7 Å². The molecule has 0 spiro atoms. The second-order valence-corrected chi connectivity index (χ2v) is 7.66. The molecule has 0 aromatic carbocycles. The summed E-state index contributed by atoms with van der Waals surface area (Å²) < 4.78 is 0. The third-order valence-electron chi connectivity index (χ3n) is 5.05. The van der Waals surface area contributed by atoms with Gasteiger partial charge in [-0.3, -0.25) is 4.99 Å². The average molecular weight is 454 g/mol. The number of guanidine groups is 1. The van der Waals surface area contributed by atoms with Gasteiger partial charge in [-0.1, -0.05) is 6.42 Å². The zero-order valence-corrected chi connectivity index (χ0v) is 18.2. The van der Waals surface area contributed by atoms with Crippen molar-refractivity contribution in [2.24, 2.45) is 4.99 Å². The SMILES string of the molecule is CCNC(=NCCCCSC)NC1CC2CCCC(C1)N2C.I. The number of hydrogen-bond acceptors (Lipinski definition) is 3. The van der Waals surface area contributed by atoms with Gasteiger partial charge >= 0.3 is 0 Å². The fourth-order valence-electron chi connectivity index (χ4n) is 3.80. The van der Waals surface area contributed by atoms with Crippen molar-refractivity contribution in [1.82, 2.24) is 15.5 Å². The van der Waals surface area contributed by atoms with Gasteiger partial charge in [0.15, 0.2) is 5.96 Å². The van der Waals surface area contributed by atoms with Crippen LogP contribution in [0.15, 0.2) is 4.99 Å². The average Bonchev–Trinajstić information content (AvgIpc) is 2.48. The third kappa shape index (κ3) is 6.98. The molecule has 2 fully saturated rings. The van der Waals surface area contributed by atoms with Crippen molar-refractivity contribution in [3.8, 4) is 0 Å². The minimum absolute atomic E-state index is 0. The summed E-state index contributed by atoms with van der Waals surface area (Å²) in [6, 6.07) is 2.14. The fourth-order valence-corrected chi connectivity index (χ4v) is 4.29. The van der Waals surface area contributed by atoms with Crippen molar-refractivity contribution in [1.29, 1.82) is 0 Å². The number of halogens is 1. The van der Waals surface area contributed by atoms with Crippen molar-refractivity contribution < 1.29 is 0 Å². The molecule has 23 heavy (non-hydrogen) atoms. The van der Waals surface area contributed by atoms with Gasteiger partial charge in [0.2, 0.25) is 0 Å². The second kappa shape index (κ2) is 11.8. The molecule has 2 bridgehead atoms. The Morgan fingerprint density at radius 2 is 1.91 bits per heavy atom. The molecule has 2 aliphatic heterocycles. The minimum atomic E-state index is 0. The number of hydrogen-bond donors (Lipinski definition) is 2. The zero-order chi connectivity index (χ0) is 15.8. The van der Waals surface area contributed by atoms with Crippen LogP contribution in [0.1, 0.15) is 51.9 Å². The van der Waals surface area contributed by atoms with Crippen molar-refractivity contribution in [3.05, 3.63) is 0 Å². The smallest absolute Gasteiger partial charge is 0.191 e. The van der Waals surface area contributed by atoms with Crippen molar-refractivity contribution in [2.75, 3.05) is 32.1 Å². The van der Waals surface area contributed by atoms with Crippen LogP contribution in [0.25, 0.3) is 0 Å². The van der Waals surface area contributed by atoms with E-state index in [2.05, 4.69) is 35.8 Å². The second-order valence-electron chi connectivity index (χ2n) is 6.68. The molecule has 2 rings (SSSR count). The molecule has 2 unspecified atom stereocenters. The maximum absolute atomic E-state index is 4.76. The van der Waals surface area contributed by atoms with Crippen molar-refractivity contribution >= 4 is 41.7 Å².